The summed E-state index contributed by atoms with van der Waals surface area (Å²) < 4.78 is 4.81. The summed E-state index contributed by atoms with van der Waals surface area (Å²) in [7, 11) is 0. The number of carboxylic acid groups (broad SMARTS) is 1. The Labute approximate surface area is 108 Å². The molecule has 1 aromatic heterocycles. The van der Waals surface area contributed by atoms with Crippen LogP contribution in [0.25, 0.3) is 0 Å². The number of amides is 2. The fraction of sp³-hybridized carbons (Fsp3) is 0.600. The molecular weight excluding hydrogens is 256 g/mol. The van der Waals surface area contributed by atoms with Gasteiger partial charge in [0.1, 0.15) is 6.04 Å². The number of aliphatic carboxylic acids is 1. The average Bonchev–Trinajstić information content (AvgIpc) is 2.92. The number of aromatic nitrogens is 2. The lowest BCUT2D eigenvalue weighted by Gasteiger charge is -2.20. The summed E-state index contributed by atoms with van der Waals surface area (Å²) in [4.78, 5) is 27.8. The van der Waals surface area contributed by atoms with Crippen LogP contribution in [0.15, 0.2) is 4.52 Å². The number of aliphatic hydroxyl groups is 1. The zero-order valence-corrected chi connectivity index (χ0v) is 10.2. The predicted molar refractivity (Wildman–Crippen MR) is 60.0 cm³/mol. The molecule has 1 aromatic rings. The van der Waals surface area contributed by atoms with Crippen LogP contribution in [-0.4, -0.2) is 55.9 Å². The van der Waals surface area contributed by atoms with E-state index in [1.54, 1.807) is 6.92 Å². The number of hydrogen-bond acceptors (Lipinski definition) is 6. The van der Waals surface area contributed by atoms with Crippen molar-refractivity contribution in [1.82, 2.24) is 20.4 Å². The van der Waals surface area contributed by atoms with E-state index in [0.29, 0.717) is 5.82 Å². The SMILES string of the molecule is Cc1noc(CNC(=O)N2CC(O)CC2C(=O)O)n1. The van der Waals surface area contributed by atoms with Crippen molar-refractivity contribution in [2.24, 2.45) is 0 Å². The summed E-state index contributed by atoms with van der Waals surface area (Å²) in [5.41, 5.74) is 0. The molecule has 2 rings (SSSR count). The lowest BCUT2D eigenvalue weighted by atomic mass is 10.2. The Bertz CT molecular complexity index is 488. The van der Waals surface area contributed by atoms with E-state index in [1.807, 2.05) is 0 Å². The minimum Gasteiger partial charge on any atom is -0.480 e. The van der Waals surface area contributed by atoms with Crippen LogP contribution < -0.4 is 5.32 Å². The number of carbonyl (C=O) groups excluding carboxylic acids is 1. The minimum atomic E-state index is -1.14. The molecular formula is C10H14N4O5. The zero-order chi connectivity index (χ0) is 14.0. The molecule has 1 aliphatic heterocycles. The number of aryl methyl sites for hydroxylation is 1. The number of rotatable bonds is 3. The van der Waals surface area contributed by atoms with E-state index in [9.17, 15) is 14.7 Å². The summed E-state index contributed by atoms with van der Waals surface area (Å²) in [5.74, 6) is -0.456. The molecule has 9 nitrogen and oxygen atoms in total. The third-order valence-corrected chi connectivity index (χ3v) is 2.79. The first-order chi connectivity index (χ1) is 8.97. The number of nitrogens with zero attached hydrogens (tertiary/aromatic N) is 3. The molecule has 2 unspecified atom stereocenters. The first kappa shape index (κ1) is 13.3. The first-order valence-electron chi connectivity index (χ1n) is 5.72. The second-order valence-electron chi connectivity index (χ2n) is 4.29. The third-order valence-electron chi connectivity index (χ3n) is 2.79. The summed E-state index contributed by atoms with van der Waals surface area (Å²) in [6, 6.07) is -1.60. The van der Waals surface area contributed by atoms with Crippen molar-refractivity contribution < 1.29 is 24.3 Å². The van der Waals surface area contributed by atoms with Crippen LogP contribution in [-0.2, 0) is 11.3 Å². The van der Waals surface area contributed by atoms with E-state index in [1.165, 1.54) is 0 Å². The van der Waals surface area contributed by atoms with Gasteiger partial charge >= 0.3 is 12.0 Å². The third kappa shape index (κ3) is 2.99. The van der Waals surface area contributed by atoms with Crippen LogP contribution in [0.3, 0.4) is 0 Å². The fourth-order valence-electron chi connectivity index (χ4n) is 1.94. The molecule has 2 heterocycles. The topological polar surface area (TPSA) is 129 Å². The van der Waals surface area contributed by atoms with Gasteiger partial charge in [0, 0.05) is 13.0 Å². The summed E-state index contributed by atoms with van der Waals surface area (Å²) in [5, 5.41) is 24.4. The van der Waals surface area contributed by atoms with Gasteiger partial charge in [-0.05, 0) is 6.92 Å². The molecule has 0 aromatic carbocycles. The van der Waals surface area contributed by atoms with Crippen molar-refractivity contribution in [3.8, 4) is 0 Å². The maximum Gasteiger partial charge on any atom is 0.326 e. The molecule has 0 radical (unpaired) electrons. The van der Waals surface area contributed by atoms with E-state index in [4.69, 9.17) is 9.63 Å². The van der Waals surface area contributed by atoms with Crippen molar-refractivity contribution >= 4 is 12.0 Å². The fourth-order valence-corrected chi connectivity index (χ4v) is 1.94. The summed E-state index contributed by atoms with van der Waals surface area (Å²) in [6.07, 6.45) is -0.792. The Balaban J connectivity index is 1.93. The van der Waals surface area contributed by atoms with Gasteiger partial charge in [-0.15, -0.1) is 0 Å². The highest BCUT2D eigenvalue weighted by Gasteiger charge is 2.38. The van der Waals surface area contributed by atoms with Gasteiger partial charge < -0.3 is 25.0 Å². The predicted octanol–water partition coefficient (Wildman–Crippen LogP) is -0.893. The van der Waals surface area contributed by atoms with Gasteiger partial charge in [0.05, 0.1) is 12.6 Å². The smallest absolute Gasteiger partial charge is 0.326 e. The van der Waals surface area contributed by atoms with E-state index in [-0.39, 0.29) is 25.4 Å². The largest absolute Gasteiger partial charge is 0.480 e. The molecule has 19 heavy (non-hydrogen) atoms. The molecule has 0 saturated carbocycles. The van der Waals surface area contributed by atoms with Crippen LogP contribution >= 0.6 is 0 Å². The van der Waals surface area contributed by atoms with Crippen LogP contribution in [0.5, 0.6) is 0 Å². The number of nitrogens with one attached hydrogen (secondary N) is 1. The highest BCUT2D eigenvalue weighted by atomic mass is 16.5. The van der Waals surface area contributed by atoms with Gasteiger partial charge in [-0.25, -0.2) is 9.59 Å². The highest BCUT2D eigenvalue weighted by Crippen LogP contribution is 2.18. The Morgan fingerprint density at radius 3 is 2.89 bits per heavy atom. The maximum absolute atomic E-state index is 11.8. The van der Waals surface area contributed by atoms with Crippen molar-refractivity contribution in [3.63, 3.8) is 0 Å². The molecule has 2 amide bonds. The van der Waals surface area contributed by atoms with Crippen molar-refractivity contribution in [2.75, 3.05) is 6.54 Å². The molecule has 9 heteroatoms. The molecule has 1 aliphatic rings. The Kier molecular flexibility index (Phi) is 3.65. The molecule has 1 fully saturated rings. The van der Waals surface area contributed by atoms with Gasteiger partial charge in [-0.2, -0.15) is 4.98 Å². The molecule has 2 atom stereocenters. The summed E-state index contributed by atoms with van der Waals surface area (Å²) >= 11 is 0. The molecule has 104 valence electrons. The van der Waals surface area contributed by atoms with Crippen molar-refractivity contribution in [1.29, 1.82) is 0 Å². The Morgan fingerprint density at radius 1 is 1.58 bits per heavy atom. The molecule has 0 bridgehead atoms. The van der Waals surface area contributed by atoms with Gasteiger partial charge in [-0.3, -0.25) is 0 Å². The maximum atomic E-state index is 11.8. The van der Waals surface area contributed by atoms with Crippen LogP contribution in [0.4, 0.5) is 4.79 Å². The van der Waals surface area contributed by atoms with Crippen LogP contribution in [0.2, 0.25) is 0 Å². The molecule has 1 saturated heterocycles. The lowest BCUT2D eigenvalue weighted by molar-refractivity contribution is -0.141. The molecule has 0 aliphatic carbocycles. The number of aliphatic hydroxyl groups excluding tert-OH is 1. The van der Waals surface area contributed by atoms with E-state index in [2.05, 4.69) is 15.5 Å². The first-order valence-corrected chi connectivity index (χ1v) is 5.72. The number of β-amino-alcohol motifs (C(OH)–C–C–N with tert-alkyl or cyclic N) is 1. The Morgan fingerprint density at radius 2 is 2.32 bits per heavy atom. The Hall–Kier alpha value is -2.16. The zero-order valence-electron chi connectivity index (χ0n) is 10.2. The van der Waals surface area contributed by atoms with Crippen LogP contribution in [0, 0.1) is 6.92 Å². The monoisotopic (exact) mass is 270 g/mol. The van der Waals surface area contributed by atoms with E-state index in [0.717, 1.165) is 4.90 Å². The lowest BCUT2D eigenvalue weighted by Crippen LogP contribution is -2.46. The number of carboxylic acids is 1. The number of hydrogen-bond donors (Lipinski definition) is 3. The average molecular weight is 270 g/mol. The second-order valence-corrected chi connectivity index (χ2v) is 4.29. The minimum absolute atomic E-state index is 0.00827. The van der Waals surface area contributed by atoms with E-state index < -0.39 is 24.1 Å². The second kappa shape index (κ2) is 5.22. The summed E-state index contributed by atoms with van der Waals surface area (Å²) in [6.45, 7) is 1.65. The molecule has 3 N–H and O–H groups in total. The number of carbonyl (C=O) groups is 2. The van der Waals surface area contributed by atoms with Gasteiger partial charge in [0.25, 0.3) is 0 Å². The molecule has 0 spiro atoms. The highest BCUT2D eigenvalue weighted by molar-refractivity contribution is 5.83. The van der Waals surface area contributed by atoms with Gasteiger partial charge in [0.2, 0.25) is 5.89 Å². The van der Waals surface area contributed by atoms with Gasteiger partial charge in [0.15, 0.2) is 5.82 Å². The number of urea groups is 1. The van der Waals surface area contributed by atoms with E-state index >= 15 is 0 Å². The van der Waals surface area contributed by atoms with Crippen LogP contribution in [0.1, 0.15) is 18.1 Å². The van der Waals surface area contributed by atoms with Crippen molar-refractivity contribution in [2.45, 2.75) is 32.0 Å². The number of likely N-dealkylation sites (tertiary alicyclic amines) is 1. The van der Waals surface area contributed by atoms with Gasteiger partial charge in [-0.1, -0.05) is 5.16 Å². The normalized spacial score (nSPS) is 22.5. The standard InChI is InChI=1S/C10H14N4O5/c1-5-12-8(19-13-5)3-11-10(18)14-4-6(15)2-7(14)9(16)17/h6-7,15H,2-4H2,1H3,(H,11,18)(H,16,17). The van der Waals surface area contributed by atoms with Crippen molar-refractivity contribution in [3.05, 3.63) is 11.7 Å². The quantitative estimate of drug-likeness (QED) is 0.649.